The van der Waals surface area contributed by atoms with Crippen molar-refractivity contribution < 1.29 is 0 Å². The summed E-state index contributed by atoms with van der Waals surface area (Å²) in [5.74, 6) is 6.68. The molecule has 7 heteroatoms. The highest BCUT2D eigenvalue weighted by Crippen LogP contribution is 2.20. The minimum atomic E-state index is 0.561. The highest BCUT2D eigenvalue weighted by molar-refractivity contribution is 5.58. The van der Waals surface area contributed by atoms with Crippen molar-refractivity contribution >= 4 is 11.5 Å². The van der Waals surface area contributed by atoms with Crippen LogP contribution in [0.1, 0.15) is 17.0 Å². The van der Waals surface area contributed by atoms with Gasteiger partial charge in [0.25, 0.3) is 0 Å². The SMILES string of the molecule is Cc1nn(-c2nc(NN)cn3ccnc23)c(C)c1C. The van der Waals surface area contributed by atoms with Crippen LogP contribution in [-0.2, 0) is 0 Å². The number of nitrogens with one attached hydrogen (secondary N) is 1. The van der Waals surface area contributed by atoms with Crippen LogP contribution >= 0.6 is 0 Å². The van der Waals surface area contributed by atoms with E-state index in [-0.39, 0.29) is 0 Å². The summed E-state index contributed by atoms with van der Waals surface area (Å²) in [5.41, 5.74) is 6.48. The summed E-state index contributed by atoms with van der Waals surface area (Å²) in [7, 11) is 0. The highest BCUT2D eigenvalue weighted by Gasteiger charge is 2.15. The van der Waals surface area contributed by atoms with Crippen LogP contribution < -0.4 is 11.3 Å². The number of aromatic nitrogens is 5. The van der Waals surface area contributed by atoms with Crippen molar-refractivity contribution in [2.45, 2.75) is 20.8 Å². The molecule has 3 aromatic heterocycles. The van der Waals surface area contributed by atoms with Crippen LogP contribution in [0.25, 0.3) is 11.5 Å². The van der Waals surface area contributed by atoms with Crippen LogP contribution in [0.3, 0.4) is 0 Å². The molecule has 0 aliphatic heterocycles. The fourth-order valence-electron chi connectivity index (χ4n) is 2.05. The maximum Gasteiger partial charge on any atom is 0.199 e. The molecule has 98 valence electrons. The monoisotopic (exact) mass is 257 g/mol. The van der Waals surface area contributed by atoms with Crippen molar-refractivity contribution in [3.05, 3.63) is 35.5 Å². The fraction of sp³-hybridized carbons (Fsp3) is 0.250. The van der Waals surface area contributed by atoms with E-state index >= 15 is 0 Å². The Hall–Kier alpha value is -2.41. The number of nitrogen functional groups attached to an aromatic ring is 1. The molecule has 0 saturated carbocycles. The van der Waals surface area contributed by atoms with Gasteiger partial charge in [0.15, 0.2) is 17.3 Å². The van der Waals surface area contributed by atoms with Crippen LogP contribution in [-0.4, -0.2) is 24.1 Å². The molecule has 7 nitrogen and oxygen atoms in total. The third-order valence-electron chi connectivity index (χ3n) is 3.36. The number of rotatable bonds is 2. The molecule has 3 N–H and O–H groups in total. The topological polar surface area (TPSA) is 86.1 Å². The maximum atomic E-state index is 5.45. The van der Waals surface area contributed by atoms with Crippen molar-refractivity contribution in [3.63, 3.8) is 0 Å². The number of hydrogen-bond acceptors (Lipinski definition) is 5. The van der Waals surface area contributed by atoms with E-state index in [2.05, 4.69) is 20.5 Å². The lowest BCUT2D eigenvalue weighted by atomic mass is 10.2. The molecule has 0 spiro atoms. The molecule has 0 unspecified atom stereocenters. The first-order chi connectivity index (χ1) is 9.11. The molecule has 0 radical (unpaired) electrons. The zero-order valence-corrected chi connectivity index (χ0v) is 11.0. The van der Waals surface area contributed by atoms with Gasteiger partial charge in [-0.3, -0.25) is 0 Å². The number of nitrogens with zero attached hydrogens (tertiary/aromatic N) is 5. The van der Waals surface area contributed by atoms with Gasteiger partial charge in [0.05, 0.1) is 11.9 Å². The average molecular weight is 257 g/mol. The first-order valence-corrected chi connectivity index (χ1v) is 5.95. The summed E-state index contributed by atoms with van der Waals surface area (Å²) >= 11 is 0. The van der Waals surface area contributed by atoms with E-state index in [1.54, 1.807) is 17.1 Å². The number of imidazole rings is 1. The fourth-order valence-corrected chi connectivity index (χ4v) is 2.05. The molecule has 0 atom stereocenters. The van der Waals surface area contributed by atoms with E-state index in [0.717, 1.165) is 22.6 Å². The Bertz CT molecular complexity index is 753. The van der Waals surface area contributed by atoms with Crippen LogP contribution in [0.5, 0.6) is 0 Å². The largest absolute Gasteiger partial charge is 0.307 e. The Labute approximate surface area is 110 Å². The number of hydrogen-bond donors (Lipinski definition) is 2. The zero-order valence-electron chi connectivity index (χ0n) is 11.0. The third-order valence-corrected chi connectivity index (χ3v) is 3.36. The average Bonchev–Trinajstić information content (AvgIpc) is 2.98. The van der Waals surface area contributed by atoms with E-state index < -0.39 is 0 Å². The number of hydrazine groups is 1. The predicted octanol–water partition coefficient (Wildman–Crippen LogP) is 1.13. The molecular weight excluding hydrogens is 242 g/mol. The van der Waals surface area contributed by atoms with E-state index in [0.29, 0.717) is 11.6 Å². The van der Waals surface area contributed by atoms with Gasteiger partial charge in [0.2, 0.25) is 0 Å². The van der Waals surface area contributed by atoms with Crippen LogP contribution in [0.2, 0.25) is 0 Å². The first kappa shape index (κ1) is 11.7. The molecule has 0 aliphatic carbocycles. The Kier molecular flexibility index (Phi) is 2.49. The Morgan fingerprint density at radius 1 is 1.26 bits per heavy atom. The van der Waals surface area contributed by atoms with Crippen molar-refractivity contribution in [2.24, 2.45) is 5.84 Å². The molecule has 19 heavy (non-hydrogen) atoms. The lowest BCUT2D eigenvalue weighted by Gasteiger charge is -2.08. The summed E-state index contributed by atoms with van der Waals surface area (Å²) < 4.78 is 3.66. The molecule has 3 rings (SSSR count). The molecule has 0 aromatic carbocycles. The zero-order chi connectivity index (χ0) is 13.6. The quantitative estimate of drug-likeness (QED) is 0.531. The van der Waals surface area contributed by atoms with Crippen molar-refractivity contribution in [1.29, 1.82) is 0 Å². The smallest absolute Gasteiger partial charge is 0.199 e. The minimum absolute atomic E-state index is 0.561. The molecule has 3 aromatic rings. The lowest BCUT2D eigenvalue weighted by molar-refractivity contribution is 0.803. The van der Waals surface area contributed by atoms with E-state index in [1.807, 2.05) is 31.4 Å². The summed E-state index contributed by atoms with van der Waals surface area (Å²) in [6, 6.07) is 0. The van der Waals surface area contributed by atoms with Crippen LogP contribution in [0, 0.1) is 20.8 Å². The van der Waals surface area contributed by atoms with Gasteiger partial charge in [-0.1, -0.05) is 0 Å². The second kappa shape index (κ2) is 4.06. The van der Waals surface area contributed by atoms with Gasteiger partial charge in [-0.15, -0.1) is 0 Å². The van der Waals surface area contributed by atoms with Crippen molar-refractivity contribution in [2.75, 3.05) is 5.43 Å². The van der Waals surface area contributed by atoms with Crippen molar-refractivity contribution in [1.82, 2.24) is 24.1 Å². The highest BCUT2D eigenvalue weighted by atomic mass is 15.4. The number of fused-ring (bicyclic) bond motifs is 1. The van der Waals surface area contributed by atoms with Gasteiger partial charge in [-0.2, -0.15) is 5.10 Å². The van der Waals surface area contributed by atoms with Gasteiger partial charge in [-0.25, -0.2) is 20.5 Å². The van der Waals surface area contributed by atoms with Gasteiger partial charge < -0.3 is 9.83 Å². The molecule has 0 bridgehead atoms. The summed E-state index contributed by atoms with van der Waals surface area (Å²) in [6.45, 7) is 6.04. The first-order valence-electron chi connectivity index (χ1n) is 5.95. The standard InChI is InChI=1S/C12H15N7/c1-7-8(2)17-19(9(7)3)12-11-14-4-5-18(11)6-10(15-12)16-13/h4-6,16H,13H2,1-3H3. The minimum Gasteiger partial charge on any atom is -0.307 e. The lowest BCUT2D eigenvalue weighted by Crippen LogP contribution is -2.13. The predicted molar refractivity (Wildman–Crippen MR) is 72.1 cm³/mol. The molecule has 3 heterocycles. The number of nitrogens with two attached hydrogens (primary N) is 1. The number of aryl methyl sites for hydroxylation is 1. The van der Waals surface area contributed by atoms with Gasteiger partial charge in [-0.05, 0) is 26.3 Å². The molecule has 0 fully saturated rings. The van der Waals surface area contributed by atoms with Crippen LogP contribution in [0.15, 0.2) is 18.6 Å². The van der Waals surface area contributed by atoms with E-state index in [9.17, 15) is 0 Å². The van der Waals surface area contributed by atoms with Crippen molar-refractivity contribution in [3.8, 4) is 5.82 Å². The molecule has 0 aliphatic rings. The molecular formula is C12H15N7. The van der Waals surface area contributed by atoms with E-state index in [4.69, 9.17) is 5.84 Å². The second-order valence-electron chi connectivity index (χ2n) is 4.46. The summed E-state index contributed by atoms with van der Waals surface area (Å²) in [6.07, 6.45) is 5.35. The Morgan fingerprint density at radius 2 is 2.05 bits per heavy atom. The van der Waals surface area contributed by atoms with Crippen LogP contribution in [0.4, 0.5) is 5.82 Å². The van der Waals surface area contributed by atoms with Gasteiger partial charge in [0.1, 0.15) is 0 Å². The van der Waals surface area contributed by atoms with Gasteiger partial charge in [0, 0.05) is 18.1 Å². The Balaban J connectivity index is 2.34. The molecule has 0 saturated heterocycles. The summed E-state index contributed by atoms with van der Waals surface area (Å²) in [5, 5.41) is 4.52. The summed E-state index contributed by atoms with van der Waals surface area (Å²) in [4.78, 5) is 8.78. The Morgan fingerprint density at radius 3 is 2.68 bits per heavy atom. The third kappa shape index (κ3) is 1.66. The molecule has 0 amide bonds. The normalized spacial score (nSPS) is 11.2. The van der Waals surface area contributed by atoms with Gasteiger partial charge >= 0.3 is 0 Å². The second-order valence-corrected chi connectivity index (χ2v) is 4.46. The number of anilines is 1. The maximum absolute atomic E-state index is 5.45. The van der Waals surface area contributed by atoms with E-state index in [1.165, 1.54) is 0 Å².